The zero-order chi connectivity index (χ0) is 24.4. The van der Waals surface area contributed by atoms with E-state index in [0.29, 0.717) is 18.4 Å². The first kappa shape index (κ1) is 22.3. The molecule has 9 heteroatoms. The smallest absolute Gasteiger partial charge is 0.278 e. The van der Waals surface area contributed by atoms with Crippen LogP contribution in [0.2, 0.25) is 0 Å². The summed E-state index contributed by atoms with van der Waals surface area (Å²) in [5, 5.41) is 13.5. The molecule has 1 aromatic heterocycles. The Hall–Kier alpha value is -2.88. The topological polar surface area (TPSA) is 75.0 Å². The molecule has 7 rings (SSSR count). The Bertz CT molecular complexity index is 1370. The summed E-state index contributed by atoms with van der Waals surface area (Å²) < 4.78 is 8.02. The van der Waals surface area contributed by atoms with E-state index in [1.165, 1.54) is 29.4 Å². The van der Waals surface area contributed by atoms with Crippen molar-refractivity contribution in [2.45, 2.75) is 46.4 Å². The van der Waals surface area contributed by atoms with E-state index in [-0.39, 0.29) is 23.1 Å². The molecule has 2 fully saturated rings. The molecule has 0 bridgehead atoms. The Kier molecular flexibility index (Phi) is 5.34. The highest BCUT2D eigenvalue weighted by Crippen LogP contribution is 2.45. The minimum absolute atomic E-state index is 0.0164. The van der Waals surface area contributed by atoms with E-state index >= 15 is 0 Å². The van der Waals surface area contributed by atoms with Gasteiger partial charge >= 0.3 is 0 Å². The second kappa shape index (κ2) is 8.61. The maximum atomic E-state index is 13.8. The first-order chi connectivity index (χ1) is 17.6. The first-order valence-corrected chi connectivity index (χ1v) is 14.1. The van der Waals surface area contributed by atoms with E-state index in [9.17, 15) is 14.7 Å². The minimum atomic E-state index is -0.553. The highest BCUT2D eigenvalue weighted by Gasteiger charge is 2.48. The Morgan fingerprint density at radius 2 is 1.78 bits per heavy atom. The number of thioether (sulfide) groups is 2. The van der Waals surface area contributed by atoms with Crippen LogP contribution in [0.25, 0.3) is 0 Å². The normalized spacial score (nSPS) is 24.9. The van der Waals surface area contributed by atoms with Crippen LogP contribution in [-0.2, 0) is 10.5 Å². The predicted molar refractivity (Wildman–Crippen MR) is 140 cm³/mol. The largest absolute Gasteiger partial charge is 0.502 e. The molecule has 1 unspecified atom stereocenters. The van der Waals surface area contributed by atoms with E-state index in [1.54, 1.807) is 39.3 Å². The van der Waals surface area contributed by atoms with E-state index in [1.807, 2.05) is 18.2 Å². The zero-order valence-electron chi connectivity index (χ0n) is 19.4. The molecule has 3 aliphatic heterocycles. The van der Waals surface area contributed by atoms with Crippen LogP contribution in [-0.4, -0.2) is 50.6 Å². The number of carbonyl (C=O) groups is 1. The summed E-state index contributed by atoms with van der Waals surface area (Å²) in [6.07, 6.45) is 3.58. The van der Waals surface area contributed by atoms with Gasteiger partial charge in [0.05, 0.1) is 19.2 Å². The number of carbonyl (C=O) groups excluding carboxylic acids is 1. The van der Waals surface area contributed by atoms with E-state index in [4.69, 9.17) is 4.74 Å². The zero-order valence-corrected chi connectivity index (χ0v) is 21.1. The number of rotatable bonds is 3. The lowest BCUT2D eigenvalue weighted by atomic mass is 9.93. The molecule has 1 saturated heterocycles. The van der Waals surface area contributed by atoms with Crippen molar-refractivity contribution in [2.24, 2.45) is 0 Å². The van der Waals surface area contributed by atoms with Gasteiger partial charge in [0, 0.05) is 28.2 Å². The number of hydrogen-bond acceptors (Lipinski definition) is 7. The van der Waals surface area contributed by atoms with Crippen molar-refractivity contribution in [3.8, 4) is 5.75 Å². The van der Waals surface area contributed by atoms with Crippen molar-refractivity contribution >= 4 is 29.4 Å². The summed E-state index contributed by atoms with van der Waals surface area (Å²) in [6, 6.07) is 17.8. The summed E-state index contributed by atoms with van der Waals surface area (Å²) in [5.41, 5.74) is 2.83. The molecule has 1 saturated carbocycles. The number of pyridine rings is 1. The SMILES string of the molecule is O=C1c2c(O)c(=O)ccn2N([C@H]2c3ccccc3CSc3ccccc32)[C@@H]2COC(SC3CC3)CN12. The Morgan fingerprint density at radius 1 is 1.00 bits per heavy atom. The number of aromatic hydroxyl groups is 1. The van der Waals surface area contributed by atoms with Gasteiger partial charge in [-0.3, -0.25) is 19.3 Å². The maximum Gasteiger partial charge on any atom is 0.278 e. The number of morpholine rings is 1. The van der Waals surface area contributed by atoms with Gasteiger partial charge in [-0.05, 0) is 35.6 Å². The fraction of sp³-hybridized carbons (Fsp3) is 0.333. The van der Waals surface area contributed by atoms with Crippen molar-refractivity contribution < 1.29 is 14.6 Å². The highest BCUT2D eigenvalue weighted by molar-refractivity contribution is 8.00. The van der Waals surface area contributed by atoms with E-state index < -0.39 is 17.3 Å². The number of hydrogen-bond donors (Lipinski definition) is 1. The monoisotopic (exact) mass is 519 g/mol. The average Bonchev–Trinajstić information content (AvgIpc) is 3.73. The van der Waals surface area contributed by atoms with Crippen LogP contribution in [0.1, 0.15) is 46.1 Å². The standard InChI is InChI=1S/C27H25N3O4S2/c31-20-11-12-29-25(26(20)32)27(33)28-13-23(36-17-9-10-17)34-14-22(28)30(29)24-18-6-2-1-5-16(18)15-35-21-8-4-3-7-19(21)24/h1-8,11-12,17,22-24,32H,9-10,13-15H2/t22-,23?,24+/m1/s1. The van der Waals surface area contributed by atoms with Gasteiger partial charge < -0.3 is 14.7 Å². The Balaban J connectivity index is 1.43. The predicted octanol–water partition coefficient (Wildman–Crippen LogP) is 3.92. The third kappa shape index (κ3) is 3.55. The summed E-state index contributed by atoms with van der Waals surface area (Å²) in [5.74, 6) is -0.00176. The summed E-state index contributed by atoms with van der Waals surface area (Å²) in [6.45, 7) is 0.755. The van der Waals surface area contributed by atoms with Crippen molar-refractivity contribution in [1.82, 2.24) is 9.58 Å². The van der Waals surface area contributed by atoms with Gasteiger partial charge in [0.1, 0.15) is 11.6 Å². The molecule has 4 aliphatic rings. The quantitative estimate of drug-likeness (QED) is 0.562. The van der Waals surface area contributed by atoms with Crippen molar-refractivity contribution in [3.05, 3.63) is 93.4 Å². The first-order valence-electron chi connectivity index (χ1n) is 12.2. The number of fused-ring (bicyclic) bond motifs is 4. The molecule has 7 nitrogen and oxygen atoms in total. The van der Waals surface area contributed by atoms with Gasteiger partial charge in [0.2, 0.25) is 5.43 Å². The molecule has 4 heterocycles. The van der Waals surface area contributed by atoms with Gasteiger partial charge in [0.25, 0.3) is 5.91 Å². The number of benzene rings is 2. The second-order valence-corrected chi connectivity index (χ2v) is 12.0. The molecule has 3 atom stereocenters. The lowest BCUT2D eigenvalue weighted by molar-refractivity contribution is -0.0324. The van der Waals surface area contributed by atoms with E-state index in [0.717, 1.165) is 16.9 Å². The van der Waals surface area contributed by atoms with Crippen LogP contribution >= 0.6 is 23.5 Å². The fourth-order valence-electron chi connectivity index (χ4n) is 5.42. The van der Waals surface area contributed by atoms with E-state index in [2.05, 4.69) is 35.3 Å². The van der Waals surface area contributed by atoms with Gasteiger partial charge in [0.15, 0.2) is 11.4 Å². The molecule has 3 aromatic rings. The molecule has 0 radical (unpaired) electrons. The fourth-order valence-corrected chi connectivity index (χ4v) is 7.76. The second-order valence-electron chi connectivity index (χ2n) is 9.57. The van der Waals surface area contributed by atoms with Crippen LogP contribution < -0.4 is 10.4 Å². The molecular weight excluding hydrogens is 494 g/mol. The number of nitrogens with zero attached hydrogens (tertiary/aromatic N) is 3. The Labute approximate surface area is 217 Å². The number of aromatic nitrogens is 1. The minimum Gasteiger partial charge on any atom is -0.502 e. The van der Waals surface area contributed by atoms with Gasteiger partial charge in [-0.25, -0.2) is 0 Å². The molecule has 1 aliphatic carbocycles. The summed E-state index contributed by atoms with van der Waals surface area (Å²) in [4.78, 5) is 29.2. The van der Waals surface area contributed by atoms with Crippen LogP contribution in [0.5, 0.6) is 5.75 Å². The number of amides is 1. The molecule has 1 amide bonds. The molecule has 0 spiro atoms. The van der Waals surface area contributed by atoms with Gasteiger partial charge in [-0.15, -0.1) is 23.5 Å². The summed E-state index contributed by atoms with van der Waals surface area (Å²) in [7, 11) is 0. The maximum absolute atomic E-state index is 13.8. The van der Waals surface area contributed by atoms with Crippen LogP contribution in [0.15, 0.2) is 70.5 Å². The van der Waals surface area contributed by atoms with Crippen LogP contribution in [0.3, 0.4) is 0 Å². The van der Waals surface area contributed by atoms with Gasteiger partial charge in [-0.2, -0.15) is 0 Å². The van der Waals surface area contributed by atoms with Crippen LogP contribution in [0.4, 0.5) is 0 Å². The third-order valence-corrected chi connectivity index (χ3v) is 9.87. The molecule has 184 valence electrons. The average molecular weight is 520 g/mol. The molecular formula is C27H25N3O4S2. The lowest BCUT2D eigenvalue weighted by Crippen LogP contribution is -2.67. The molecule has 1 N–H and O–H groups in total. The van der Waals surface area contributed by atoms with Crippen LogP contribution in [0, 0.1) is 0 Å². The van der Waals surface area contributed by atoms with Gasteiger partial charge in [-0.1, -0.05) is 42.5 Å². The lowest BCUT2D eigenvalue weighted by Gasteiger charge is -2.52. The van der Waals surface area contributed by atoms with Crippen molar-refractivity contribution in [2.75, 3.05) is 18.2 Å². The molecule has 2 aromatic carbocycles. The third-order valence-electron chi connectivity index (χ3n) is 7.29. The summed E-state index contributed by atoms with van der Waals surface area (Å²) >= 11 is 3.58. The van der Waals surface area contributed by atoms with Crippen molar-refractivity contribution in [1.29, 1.82) is 0 Å². The number of ether oxygens (including phenoxy) is 1. The van der Waals surface area contributed by atoms with Crippen molar-refractivity contribution in [3.63, 3.8) is 0 Å². The highest BCUT2D eigenvalue weighted by atomic mass is 32.2. The molecule has 36 heavy (non-hydrogen) atoms. The Morgan fingerprint density at radius 3 is 2.61 bits per heavy atom.